The average molecular weight is 295 g/mol. The van der Waals surface area contributed by atoms with Gasteiger partial charge >= 0.3 is 5.97 Å². The number of nitrogens with two attached hydrogens (primary N) is 1. The van der Waals surface area contributed by atoms with Gasteiger partial charge in [0.05, 0.1) is 13.5 Å². The van der Waals surface area contributed by atoms with E-state index in [4.69, 9.17) is 5.73 Å². The molecule has 7 nitrogen and oxygen atoms in total. The first-order valence-corrected chi connectivity index (χ1v) is 7.81. The van der Waals surface area contributed by atoms with E-state index in [1.807, 2.05) is 6.92 Å². The zero-order valence-corrected chi connectivity index (χ0v) is 12.7. The van der Waals surface area contributed by atoms with Crippen molar-refractivity contribution in [1.82, 2.24) is 9.03 Å². The Morgan fingerprint density at radius 2 is 2.11 bits per heavy atom. The Balaban J connectivity index is 4.37. The highest BCUT2D eigenvalue weighted by Gasteiger charge is 2.22. The van der Waals surface area contributed by atoms with Gasteiger partial charge in [-0.05, 0) is 6.42 Å². The summed E-state index contributed by atoms with van der Waals surface area (Å²) in [5.74, 6) is -0.441. The Bertz CT molecular complexity index is 359. The first-order chi connectivity index (χ1) is 8.87. The second-order valence-electron chi connectivity index (χ2n) is 4.35. The third-order valence-electron chi connectivity index (χ3n) is 2.78. The molecule has 0 aliphatic carbocycles. The van der Waals surface area contributed by atoms with Gasteiger partial charge in [0, 0.05) is 26.2 Å². The molecule has 0 bridgehead atoms. The fourth-order valence-corrected chi connectivity index (χ4v) is 2.59. The van der Waals surface area contributed by atoms with E-state index in [0.717, 1.165) is 17.1 Å². The van der Waals surface area contributed by atoms with Crippen LogP contribution in [0.3, 0.4) is 0 Å². The summed E-state index contributed by atoms with van der Waals surface area (Å²) in [6.07, 6.45) is 2.62. The van der Waals surface area contributed by atoms with Crippen molar-refractivity contribution in [2.75, 3.05) is 27.2 Å². The quantitative estimate of drug-likeness (QED) is 0.545. The van der Waals surface area contributed by atoms with Crippen LogP contribution in [0, 0.1) is 0 Å². The van der Waals surface area contributed by atoms with E-state index in [1.165, 1.54) is 14.2 Å². The Kier molecular flexibility index (Phi) is 8.90. The molecular formula is C11H25N3O4S. The minimum atomic E-state index is -3.61. The number of esters is 1. The van der Waals surface area contributed by atoms with Gasteiger partial charge in [-0.1, -0.05) is 19.8 Å². The third kappa shape index (κ3) is 7.46. The van der Waals surface area contributed by atoms with Crippen LogP contribution in [0.5, 0.6) is 0 Å². The number of carbonyl (C=O) groups excluding carboxylic acids is 1. The zero-order valence-electron chi connectivity index (χ0n) is 11.9. The van der Waals surface area contributed by atoms with Gasteiger partial charge in [0.15, 0.2) is 0 Å². The van der Waals surface area contributed by atoms with Crippen LogP contribution in [0.4, 0.5) is 0 Å². The fraction of sp³-hybridized carbons (Fsp3) is 0.909. The van der Waals surface area contributed by atoms with Crippen molar-refractivity contribution in [2.45, 2.75) is 38.6 Å². The van der Waals surface area contributed by atoms with Crippen molar-refractivity contribution in [1.29, 1.82) is 0 Å². The van der Waals surface area contributed by atoms with Gasteiger partial charge in [-0.15, -0.1) is 0 Å². The van der Waals surface area contributed by atoms with Crippen LogP contribution >= 0.6 is 0 Å². The molecule has 0 spiro atoms. The van der Waals surface area contributed by atoms with E-state index in [2.05, 4.69) is 9.46 Å². The summed E-state index contributed by atoms with van der Waals surface area (Å²) in [7, 11) is -0.927. The predicted molar refractivity (Wildman–Crippen MR) is 73.7 cm³/mol. The number of nitrogens with one attached hydrogen (secondary N) is 1. The van der Waals surface area contributed by atoms with Crippen LogP contribution in [-0.2, 0) is 19.7 Å². The van der Waals surface area contributed by atoms with Crippen molar-refractivity contribution in [2.24, 2.45) is 5.73 Å². The van der Waals surface area contributed by atoms with Crippen molar-refractivity contribution in [3.63, 3.8) is 0 Å². The van der Waals surface area contributed by atoms with Crippen LogP contribution in [0.15, 0.2) is 0 Å². The molecule has 0 saturated carbocycles. The van der Waals surface area contributed by atoms with E-state index < -0.39 is 16.2 Å². The number of ether oxygens (including phenoxy) is 1. The molecule has 0 radical (unpaired) electrons. The summed E-state index contributed by atoms with van der Waals surface area (Å²) in [5.41, 5.74) is 5.55. The second-order valence-corrected chi connectivity index (χ2v) is 6.15. The van der Waals surface area contributed by atoms with E-state index in [-0.39, 0.29) is 25.6 Å². The number of nitrogens with zero attached hydrogens (tertiary/aromatic N) is 1. The van der Waals surface area contributed by atoms with Crippen LogP contribution in [0.2, 0.25) is 0 Å². The number of hydrogen-bond donors (Lipinski definition) is 2. The molecule has 0 heterocycles. The molecule has 0 rings (SSSR count). The molecule has 0 aromatic heterocycles. The molecule has 3 N–H and O–H groups in total. The third-order valence-corrected chi connectivity index (χ3v) is 4.41. The highest BCUT2D eigenvalue weighted by molar-refractivity contribution is 7.87. The lowest BCUT2D eigenvalue weighted by molar-refractivity contribution is -0.140. The van der Waals surface area contributed by atoms with Crippen molar-refractivity contribution in [3.8, 4) is 0 Å². The normalized spacial score (nSPS) is 13.5. The van der Waals surface area contributed by atoms with Gasteiger partial charge in [0.2, 0.25) is 0 Å². The number of unbranched alkanes of at least 4 members (excludes halogenated alkanes) is 1. The highest BCUT2D eigenvalue weighted by atomic mass is 32.2. The van der Waals surface area contributed by atoms with E-state index in [1.54, 1.807) is 0 Å². The molecule has 0 aromatic carbocycles. The Labute approximate surface area is 115 Å². The van der Waals surface area contributed by atoms with Crippen LogP contribution in [-0.4, -0.2) is 52.0 Å². The molecule has 0 saturated heterocycles. The SMILES string of the molecule is CCCCC(CN)NS(=O)(=O)N(C)CCC(=O)OC. The first kappa shape index (κ1) is 18.3. The number of hydrogen-bond acceptors (Lipinski definition) is 5. The maximum Gasteiger partial charge on any atom is 0.306 e. The molecule has 114 valence electrons. The monoisotopic (exact) mass is 295 g/mol. The molecule has 0 aromatic rings. The molecule has 0 aliphatic rings. The van der Waals surface area contributed by atoms with Crippen molar-refractivity contribution >= 4 is 16.2 Å². The molecule has 1 atom stereocenters. The van der Waals surface area contributed by atoms with E-state index >= 15 is 0 Å². The van der Waals surface area contributed by atoms with Crippen LogP contribution < -0.4 is 10.5 Å². The number of rotatable bonds is 10. The predicted octanol–water partition coefficient (Wildman–Crippen LogP) is -0.167. The van der Waals surface area contributed by atoms with Gasteiger partial charge in [-0.25, -0.2) is 0 Å². The summed E-state index contributed by atoms with van der Waals surface area (Å²) in [6.45, 7) is 2.36. The lowest BCUT2D eigenvalue weighted by Crippen LogP contribution is -2.47. The van der Waals surface area contributed by atoms with E-state index in [9.17, 15) is 13.2 Å². The van der Waals surface area contributed by atoms with Gasteiger partial charge in [-0.3, -0.25) is 4.79 Å². The van der Waals surface area contributed by atoms with E-state index in [0.29, 0.717) is 6.42 Å². The maximum absolute atomic E-state index is 12.0. The van der Waals surface area contributed by atoms with Crippen LogP contribution in [0.25, 0.3) is 0 Å². The summed E-state index contributed by atoms with van der Waals surface area (Å²) in [5, 5.41) is 0. The first-order valence-electron chi connectivity index (χ1n) is 6.37. The maximum atomic E-state index is 12.0. The Hall–Kier alpha value is -0.700. The average Bonchev–Trinajstić information content (AvgIpc) is 2.39. The molecule has 8 heteroatoms. The molecule has 1 unspecified atom stereocenters. The number of carbonyl (C=O) groups is 1. The molecular weight excluding hydrogens is 270 g/mol. The lowest BCUT2D eigenvalue weighted by Gasteiger charge is -2.22. The molecule has 19 heavy (non-hydrogen) atoms. The highest BCUT2D eigenvalue weighted by Crippen LogP contribution is 2.04. The smallest absolute Gasteiger partial charge is 0.306 e. The van der Waals surface area contributed by atoms with Gasteiger partial charge in [0.25, 0.3) is 10.2 Å². The lowest BCUT2D eigenvalue weighted by atomic mass is 10.1. The number of methoxy groups -OCH3 is 1. The zero-order chi connectivity index (χ0) is 14.9. The Morgan fingerprint density at radius 1 is 1.47 bits per heavy atom. The molecule has 0 amide bonds. The summed E-state index contributed by atoms with van der Waals surface area (Å²) in [4.78, 5) is 11.0. The second kappa shape index (κ2) is 9.24. The standard InChI is InChI=1S/C11H25N3O4S/c1-4-5-6-10(9-12)13-19(16,17)14(2)8-7-11(15)18-3/h10,13H,4-9,12H2,1-3H3. The van der Waals surface area contributed by atoms with Gasteiger partial charge in [0.1, 0.15) is 0 Å². The molecule has 0 aliphatic heterocycles. The van der Waals surface area contributed by atoms with Crippen LogP contribution in [0.1, 0.15) is 32.6 Å². The summed E-state index contributed by atoms with van der Waals surface area (Å²) < 4.78 is 32.0. The minimum Gasteiger partial charge on any atom is -0.469 e. The van der Waals surface area contributed by atoms with Gasteiger partial charge in [-0.2, -0.15) is 17.4 Å². The Morgan fingerprint density at radius 3 is 2.58 bits per heavy atom. The largest absolute Gasteiger partial charge is 0.469 e. The molecule has 0 fully saturated rings. The van der Waals surface area contributed by atoms with Crippen molar-refractivity contribution < 1.29 is 17.9 Å². The summed E-state index contributed by atoms with van der Waals surface area (Å²) >= 11 is 0. The minimum absolute atomic E-state index is 0.0240. The summed E-state index contributed by atoms with van der Waals surface area (Å²) in [6, 6.07) is -0.273. The van der Waals surface area contributed by atoms with Crippen molar-refractivity contribution in [3.05, 3.63) is 0 Å². The topological polar surface area (TPSA) is 102 Å². The van der Waals surface area contributed by atoms with Gasteiger partial charge < -0.3 is 10.5 Å². The fourth-order valence-electron chi connectivity index (χ4n) is 1.45.